The zero-order chi connectivity index (χ0) is 15.5. The third-order valence-corrected chi connectivity index (χ3v) is 3.78. The first-order valence-corrected chi connectivity index (χ1v) is 7.10. The Labute approximate surface area is 122 Å². The summed E-state index contributed by atoms with van der Waals surface area (Å²) in [7, 11) is 1.55. The molecule has 2 rings (SSSR count). The number of aromatic nitrogens is 1. The smallest absolute Gasteiger partial charge is 0.396 e. The van der Waals surface area contributed by atoms with Gasteiger partial charge in [-0.25, -0.2) is 4.98 Å². The molecule has 1 unspecified atom stereocenters. The highest BCUT2D eigenvalue weighted by Gasteiger charge is 2.33. The Morgan fingerprint density at radius 3 is 2.76 bits per heavy atom. The van der Waals surface area contributed by atoms with Crippen molar-refractivity contribution in [2.75, 3.05) is 30.4 Å². The predicted molar refractivity (Wildman–Crippen MR) is 75.5 cm³/mol. The van der Waals surface area contributed by atoms with Gasteiger partial charge in [-0.05, 0) is 37.8 Å². The molecule has 0 aromatic carbocycles. The molecule has 1 aromatic rings. The summed E-state index contributed by atoms with van der Waals surface area (Å²) in [4.78, 5) is 6.14. The van der Waals surface area contributed by atoms with Crippen LogP contribution in [0.1, 0.15) is 31.2 Å². The fourth-order valence-corrected chi connectivity index (χ4v) is 2.71. The SMILES string of the molecule is CNc1cc(C(F)(F)F)cc(N2CCCCC2CCO)n1. The van der Waals surface area contributed by atoms with Gasteiger partial charge in [-0.2, -0.15) is 13.2 Å². The minimum Gasteiger partial charge on any atom is -0.396 e. The number of halogens is 3. The number of nitrogens with one attached hydrogen (secondary N) is 1. The molecule has 1 fully saturated rings. The molecular weight excluding hydrogens is 283 g/mol. The Morgan fingerprint density at radius 1 is 1.38 bits per heavy atom. The number of pyridine rings is 1. The van der Waals surface area contributed by atoms with Crippen molar-refractivity contribution in [3.63, 3.8) is 0 Å². The Balaban J connectivity index is 2.36. The summed E-state index contributed by atoms with van der Waals surface area (Å²) in [5.41, 5.74) is -0.704. The van der Waals surface area contributed by atoms with Crippen molar-refractivity contribution in [1.29, 1.82) is 0 Å². The Bertz CT molecular complexity index is 477. The third-order valence-electron chi connectivity index (χ3n) is 3.78. The van der Waals surface area contributed by atoms with Gasteiger partial charge >= 0.3 is 6.18 Å². The molecule has 0 spiro atoms. The van der Waals surface area contributed by atoms with Gasteiger partial charge in [0, 0.05) is 26.2 Å². The third kappa shape index (κ3) is 3.78. The molecule has 118 valence electrons. The molecule has 0 amide bonds. The van der Waals surface area contributed by atoms with E-state index < -0.39 is 11.7 Å². The van der Waals surface area contributed by atoms with E-state index in [9.17, 15) is 13.2 Å². The minimum atomic E-state index is -4.40. The highest BCUT2D eigenvalue weighted by molar-refractivity contribution is 5.52. The minimum absolute atomic E-state index is 0.0268. The molecule has 0 aliphatic carbocycles. The van der Waals surface area contributed by atoms with Crippen molar-refractivity contribution >= 4 is 11.6 Å². The maximum atomic E-state index is 13.0. The van der Waals surface area contributed by atoms with Crippen molar-refractivity contribution in [3.8, 4) is 0 Å². The summed E-state index contributed by atoms with van der Waals surface area (Å²) in [5, 5.41) is 11.8. The molecule has 4 nitrogen and oxygen atoms in total. The highest BCUT2D eigenvalue weighted by Crippen LogP contribution is 2.34. The average molecular weight is 303 g/mol. The molecule has 0 saturated carbocycles. The van der Waals surface area contributed by atoms with Gasteiger partial charge in [0.1, 0.15) is 11.6 Å². The largest absolute Gasteiger partial charge is 0.416 e. The van der Waals surface area contributed by atoms with Crippen LogP contribution in [0.15, 0.2) is 12.1 Å². The lowest BCUT2D eigenvalue weighted by molar-refractivity contribution is -0.137. The van der Waals surface area contributed by atoms with Gasteiger partial charge in [0.15, 0.2) is 0 Å². The lowest BCUT2D eigenvalue weighted by atomic mass is 9.99. The zero-order valence-electron chi connectivity index (χ0n) is 12.0. The quantitative estimate of drug-likeness (QED) is 0.898. The summed E-state index contributed by atoms with van der Waals surface area (Å²) in [6.45, 7) is 0.696. The van der Waals surface area contributed by atoms with E-state index in [1.54, 1.807) is 7.05 Å². The first-order chi connectivity index (χ1) is 9.95. The maximum Gasteiger partial charge on any atom is 0.416 e. The van der Waals surface area contributed by atoms with Gasteiger partial charge in [0.2, 0.25) is 0 Å². The number of alkyl halides is 3. The van der Waals surface area contributed by atoms with Crippen LogP contribution in [0.25, 0.3) is 0 Å². The lowest BCUT2D eigenvalue weighted by Crippen LogP contribution is -2.40. The predicted octanol–water partition coefficient (Wildman–Crippen LogP) is 2.88. The average Bonchev–Trinajstić information content (AvgIpc) is 2.47. The molecule has 1 aliphatic rings. The number of piperidine rings is 1. The molecule has 1 aliphatic heterocycles. The van der Waals surface area contributed by atoms with Crippen LogP contribution in [0.3, 0.4) is 0 Å². The van der Waals surface area contributed by atoms with Gasteiger partial charge in [-0.1, -0.05) is 0 Å². The fourth-order valence-electron chi connectivity index (χ4n) is 2.71. The van der Waals surface area contributed by atoms with Crippen LogP contribution in [0.5, 0.6) is 0 Å². The maximum absolute atomic E-state index is 13.0. The number of rotatable bonds is 4. The van der Waals surface area contributed by atoms with E-state index in [0.29, 0.717) is 18.8 Å². The van der Waals surface area contributed by atoms with Crippen LogP contribution in [0.2, 0.25) is 0 Å². The van der Waals surface area contributed by atoms with Gasteiger partial charge in [0.25, 0.3) is 0 Å². The monoisotopic (exact) mass is 303 g/mol. The van der Waals surface area contributed by atoms with Gasteiger partial charge < -0.3 is 15.3 Å². The molecule has 7 heteroatoms. The van der Waals surface area contributed by atoms with Crippen LogP contribution in [-0.4, -0.2) is 36.3 Å². The molecule has 21 heavy (non-hydrogen) atoms. The second-order valence-electron chi connectivity index (χ2n) is 5.20. The molecule has 2 heterocycles. The number of hydrogen-bond acceptors (Lipinski definition) is 4. The molecular formula is C14H20F3N3O. The number of anilines is 2. The first-order valence-electron chi connectivity index (χ1n) is 7.10. The van der Waals surface area contributed by atoms with Gasteiger partial charge in [-0.15, -0.1) is 0 Å². The van der Waals surface area contributed by atoms with Crippen molar-refractivity contribution in [2.24, 2.45) is 0 Å². The van der Waals surface area contributed by atoms with Crippen LogP contribution in [-0.2, 0) is 6.18 Å². The Hall–Kier alpha value is -1.50. The van der Waals surface area contributed by atoms with Crippen LogP contribution in [0.4, 0.5) is 24.8 Å². The Kier molecular flexibility index (Phi) is 4.92. The zero-order valence-corrected chi connectivity index (χ0v) is 12.0. The Morgan fingerprint density at radius 2 is 2.14 bits per heavy atom. The van der Waals surface area contributed by atoms with Crippen LogP contribution < -0.4 is 10.2 Å². The van der Waals surface area contributed by atoms with Crippen molar-refractivity contribution in [2.45, 2.75) is 37.9 Å². The molecule has 0 radical (unpaired) electrons. The van der Waals surface area contributed by atoms with E-state index in [1.807, 2.05) is 4.90 Å². The standard InChI is InChI=1S/C14H20F3N3O/c1-18-12-8-10(14(15,16)17)9-13(19-12)20-6-3-2-4-11(20)5-7-21/h8-9,11,21H,2-7H2,1H3,(H,18,19). The molecule has 1 atom stereocenters. The molecule has 1 saturated heterocycles. The van der Waals surface area contributed by atoms with Gasteiger partial charge in [0.05, 0.1) is 5.56 Å². The number of hydrogen-bond donors (Lipinski definition) is 2. The topological polar surface area (TPSA) is 48.4 Å². The summed E-state index contributed by atoms with van der Waals surface area (Å²) in [5.74, 6) is 0.528. The molecule has 2 N–H and O–H groups in total. The second kappa shape index (κ2) is 6.51. The van der Waals surface area contributed by atoms with E-state index in [0.717, 1.165) is 31.4 Å². The van der Waals surface area contributed by atoms with Crippen molar-refractivity contribution in [3.05, 3.63) is 17.7 Å². The van der Waals surface area contributed by atoms with Crippen molar-refractivity contribution in [1.82, 2.24) is 4.98 Å². The normalized spacial score (nSPS) is 19.7. The van der Waals surface area contributed by atoms with E-state index in [1.165, 1.54) is 0 Å². The fraction of sp³-hybridized carbons (Fsp3) is 0.643. The number of aliphatic hydroxyl groups is 1. The van der Waals surface area contributed by atoms with Crippen LogP contribution >= 0.6 is 0 Å². The summed E-state index contributed by atoms with van der Waals surface area (Å²) >= 11 is 0. The van der Waals surface area contributed by atoms with Gasteiger partial charge in [-0.3, -0.25) is 0 Å². The van der Waals surface area contributed by atoms with E-state index >= 15 is 0 Å². The first kappa shape index (κ1) is 15.9. The van der Waals surface area contributed by atoms with Crippen LogP contribution in [0, 0.1) is 0 Å². The lowest BCUT2D eigenvalue weighted by Gasteiger charge is -2.37. The van der Waals surface area contributed by atoms with E-state index in [4.69, 9.17) is 5.11 Å². The van der Waals surface area contributed by atoms with Crippen molar-refractivity contribution < 1.29 is 18.3 Å². The summed E-state index contributed by atoms with van der Waals surface area (Å²) in [6.07, 6.45) is -1.03. The summed E-state index contributed by atoms with van der Waals surface area (Å²) in [6, 6.07) is 2.15. The van der Waals surface area contributed by atoms with E-state index in [2.05, 4.69) is 10.3 Å². The summed E-state index contributed by atoms with van der Waals surface area (Å²) < 4.78 is 38.9. The van der Waals surface area contributed by atoms with E-state index in [-0.39, 0.29) is 18.5 Å². The molecule has 0 bridgehead atoms. The molecule has 1 aromatic heterocycles. The highest BCUT2D eigenvalue weighted by atomic mass is 19.4. The second-order valence-corrected chi connectivity index (χ2v) is 5.20. The number of nitrogens with zero attached hydrogens (tertiary/aromatic N) is 2. The number of aliphatic hydroxyl groups excluding tert-OH is 1.